The third-order valence-corrected chi connectivity index (χ3v) is 6.71. The van der Waals surface area contributed by atoms with Crippen LogP contribution in [-0.4, -0.2) is 26.9 Å². The molecule has 0 aromatic rings. The molecule has 0 spiro atoms. The molecule has 1 rings (SSSR count). The fourth-order valence-electron chi connectivity index (χ4n) is 2.87. The molecule has 2 heteroatoms. The van der Waals surface area contributed by atoms with E-state index in [2.05, 4.69) is 13.8 Å². The molecule has 1 fully saturated rings. The summed E-state index contributed by atoms with van der Waals surface area (Å²) in [5.74, 6) is 0. The molecule has 1 aliphatic rings. The Labute approximate surface area is 125 Å². The van der Waals surface area contributed by atoms with Crippen LogP contribution in [0.15, 0.2) is 0 Å². The van der Waals surface area contributed by atoms with Crippen molar-refractivity contribution in [3.05, 3.63) is 0 Å². The first kappa shape index (κ1) is 16.8. The monoisotopic (exact) mass is 370 g/mol. The molecule has 1 aliphatic heterocycles. The van der Waals surface area contributed by atoms with Crippen LogP contribution in [-0.2, 0) is 3.10 Å². The van der Waals surface area contributed by atoms with Gasteiger partial charge in [0.05, 0.1) is 0 Å². The summed E-state index contributed by atoms with van der Waals surface area (Å²) in [5, 5.41) is 0. The van der Waals surface area contributed by atoms with Crippen LogP contribution in [0.3, 0.4) is 0 Å². The van der Waals surface area contributed by atoms with Crippen LogP contribution in [0.4, 0.5) is 0 Å². The maximum atomic E-state index is 6.36. The summed E-state index contributed by atoms with van der Waals surface area (Å²) in [4.78, 5) is 0. The molecule has 0 bridgehead atoms. The topological polar surface area (TPSA) is 9.23 Å². The zero-order valence-corrected chi connectivity index (χ0v) is 14.8. The average molecular weight is 368 g/mol. The SMILES string of the molecule is CCCCCCC1(CCCCCC)CCC[Te]O1. The molecular weight excluding hydrogens is 336 g/mol. The minimum absolute atomic E-state index is 0.0984. The number of rotatable bonds is 10. The van der Waals surface area contributed by atoms with Gasteiger partial charge in [-0.3, -0.25) is 0 Å². The normalized spacial score (nSPS) is 19.0. The van der Waals surface area contributed by atoms with E-state index in [4.69, 9.17) is 3.10 Å². The van der Waals surface area contributed by atoms with E-state index < -0.39 is 0 Å². The van der Waals surface area contributed by atoms with E-state index in [1.54, 1.807) is 0 Å². The molecule has 0 aliphatic carbocycles. The predicted molar refractivity (Wildman–Crippen MR) is 81.1 cm³/mol. The second-order valence-corrected chi connectivity index (χ2v) is 8.13. The standard InChI is InChI=1S/C16H32OTe/c1-3-5-7-9-12-16(13-10-8-6-4-2)14-11-15-18-17-16/h3-15H2,1-2H3. The van der Waals surface area contributed by atoms with Gasteiger partial charge in [-0.05, 0) is 0 Å². The Balaban J connectivity index is 2.27. The summed E-state index contributed by atoms with van der Waals surface area (Å²) >= 11 is -0.0984. The van der Waals surface area contributed by atoms with Gasteiger partial charge in [0, 0.05) is 0 Å². The van der Waals surface area contributed by atoms with E-state index in [1.807, 2.05) is 0 Å². The summed E-state index contributed by atoms with van der Waals surface area (Å²) in [7, 11) is 0. The van der Waals surface area contributed by atoms with E-state index in [-0.39, 0.29) is 21.3 Å². The third-order valence-electron chi connectivity index (χ3n) is 4.07. The Morgan fingerprint density at radius 1 is 0.889 bits per heavy atom. The van der Waals surface area contributed by atoms with Gasteiger partial charge in [-0.2, -0.15) is 0 Å². The van der Waals surface area contributed by atoms with Crippen LogP contribution in [0, 0.1) is 0 Å². The van der Waals surface area contributed by atoms with Crippen molar-refractivity contribution in [2.75, 3.05) is 0 Å². The summed E-state index contributed by atoms with van der Waals surface area (Å²) in [6.07, 6.45) is 16.6. The van der Waals surface area contributed by atoms with E-state index >= 15 is 0 Å². The molecule has 0 unspecified atom stereocenters. The molecule has 1 saturated heterocycles. The fraction of sp³-hybridized carbons (Fsp3) is 1.00. The Bertz CT molecular complexity index is 174. The zero-order valence-electron chi connectivity index (χ0n) is 12.5. The number of hydrogen-bond acceptors (Lipinski definition) is 1. The quantitative estimate of drug-likeness (QED) is 0.365. The fourth-order valence-corrected chi connectivity index (χ4v) is 5.28. The molecule has 1 heterocycles. The van der Waals surface area contributed by atoms with E-state index in [0.29, 0.717) is 5.60 Å². The van der Waals surface area contributed by atoms with Gasteiger partial charge in [0.1, 0.15) is 0 Å². The molecule has 0 atom stereocenters. The first-order valence-corrected chi connectivity index (χ1v) is 10.7. The molecule has 0 amide bonds. The Kier molecular flexibility index (Phi) is 9.83. The van der Waals surface area contributed by atoms with E-state index in [9.17, 15) is 0 Å². The second-order valence-electron chi connectivity index (χ2n) is 5.81. The van der Waals surface area contributed by atoms with Crippen molar-refractivity contribution in [1.82, 2.24) is 0 Å². The first-order chi connectivity index (χ1) is 8.83. The van der Waals surface area contributed by atoms with Crippen LogP contribution in [0.5, 0.6) is 0 Å². The molecule has 0 aromatic heterocycles. The summed E-state index contributed by atoms with van der Waals surface area (Å²) < 4.78 is 7.77. The molecule has 0 saturated carbocycles. The van der Waals surface area contributed by atoms with Gasteiger partial charge in [-0.1, -0.05) is 0 Å². The zero-order chi connectivity index (χ0) is 13.1. The number of hydrogen-bond donors (Lipinski definition) is 0. The van der Waals surface area contributed by atoms with Gasteiger partial charge >= 0.3 is 125 Å². The van der Waals surface area contributed by atoms with Gasteiger partial charge in [0.15, 0.2) is 0 Å². The summed E-state index contributed by atoms with van der Waals surface area (Å²) in [6, 6.07) is 0. The molecule has 0 N–H and O–H groups in total. The van der Waals surface area contributed by atoms with Crippen molar-refractivity contribution in [1.29, 1.82) is 0 Å². The molecule has 108 valence electrons. The van der Waals surface area contributed by atoms with Gasteiger partial charge in [-0.15, -0.1) is 0 Å². The van der Waals surface area contributed by atoms with Gasteiger partial charge in [-0.25, -0.2) is 0 Å². The third kappa shape index (κ3) is 6.78. The Morgan fingerprint density at radius 2 is 1.50 bits per heavy atom. The van der Waals surface area contributed by atoms with Gasteiger partial charge < -0.3 is 0 Å². The predicted octanol–water partition coefficient (Wildman–Crippen LogP) is 5.51. The van der Waals surface area contributed by atoms with Crippen LogP contribution in [0.1, 0.15) is 90.9 Å². The van der Waals surface area contributed by atoms with E-state index in [0.717, 1.165) is 0 Å². The van der Waals surface area contributed by atoms with Crippen molar-refractivity contribution >= 4 is 21.3 Å². The Morgan fingerprint density at radius 3 is 1.94 bits per heavy atom. The van der Waals surface area contributed by atoms with Crippen LogP contribution in [0.2, 0.25) is 4.47 Å². The molecule has 18 heavy (non-hydrogen) atoms. The molecular formula is C16H32OTe. The van der Waals surface area contributed by atoms with Crippen LogP contribution < -0.4 is 0 Å². The summed E-state index contributed by atoms with van der Waals surface area (Å²) in [5.41, 5.74) is 0.335. The van der Waals surface area contributed by atoms with Gasteiger partial charge in [0.2, 0.25) is 0 Å². The number of unbranched alkanes of at least 4 members (excludes halogenated alkanes) is 6. The Hall–Kier alpha value is 0.750. The van der Waals surface area contributed by atoms with Gasteiger partial charge in [0.25, 0.3) is 0 Å². The van der Waals surface area contributed by atoms with Crippen molar-refractivity contribution in [3.8, 4) is 0 Å². The average Bonchev–Trinajstić information content (AvgIpc) is 2.41. The first-order valence-electron chi connectivity index (χ1n) is 8.13. The molecule has 1 nitrogen and oxygen atoms in total. The van der Waals surface area contributed by atoms with Crippen molar-refractivity contribution in [2.24, 2.45) is 0 Å². The van der Waals surface area contributed by atoms with Crippen LogP contribution in [0.25, 0.3) is 0 Å². The summed E-state index contributed by atoms with van der Waals surface area (Å²) in [6.45, 7) is 4.59. The van der Waals surface area contributed by atoms with Crippen molar-refractivity contribution in [3.63, 3.8) is 0 Å². The molecule has 0 aromatic carbocycles. The maximum absolute atomic E-state index is 6.36. The van der Waals surface area contributed by atoms with E-state index in [1.165, 1.54) is 81.5 Å². The van der Waals surface area contributed by atoms with Crippen molar-refractivity contribution < 1.29 is 3.10 Å². The molecule has 0 radical (unpaired) electrons. The van der Waals surface area contributed by atoms with Crippen molar-refractivity contribution in [2.45, 2.75) is 101 Å². The minimum atomic E-state index is -0.0984. The van der Waals surface area contributed by atoms with Crippen LogP contribution >= 0.6 is 0 Å². The second kappa shape index (κ2) is 10.5.